The number of hydrogen-bond donors (Lipinski definition) is 1. The number of imidazole rings is 1. The number of nitrogens with two attached hydrogens (primary N) is 1. The summed E-state index contributed by atoms with van der Waals surface area (Å²) in [6, 6.07) is 3.54. The van der Waals surface area contributed by atoms with Crippen molar-refractivity contribution >= 4 is 27.9 Å². The van der Waals surface area contributed by atoms with Gasteiger partial charge < -0.3 is 10.5 Å². The summed E-state index contributed by atoms with van der Waals surface area (Å²) in [6.07, 6.45) is 1.67. The molecule has 2 unspecified atom stereocenters. The van der Waals surface area contributed by atoms with Crippen LogP contribution in [0.2, 0.25) is 0 Å². The molecule has 98 valence electrons. The molecular weight excluding hydrogens is 252 g/mol. The second-order valence-electron chi connectivity index (χ2n) is 4.09. The number of nitrogens with zero attached hydrogens (tertiary/aromatic N) is 3. The van der Waals surface area contributed by atoms with Crippen molar-refractivity contribution in [2.24, 2.45) is 0 Å². The molecule has 0 spiro atoms. The van der Waals surface area contributed by atoms with E-state index < -0.39 is 10.8 Å². The van der Waals surface area contributed by atoms with Gasteiger partial charge in [-0.25, -0.2) is 4.98 Å². The van der Waals surface area contributed by atoms with E-state index in [0.29, 0.717) is 29.5 Å². The van der Waals surface area contributed by atoms with E-state index in [9.17, 15) is 4.21 Å². The van der Waals surface area contributed by atoms with Crippen LogP contribution in [-0.4, -0.2) is 37.4 Å². The summed E-state index contributed by atoms with van der Waals surface area (Å²) in [5.41, 5.74) is 7.23. The minimum atomic E-state index is -0.916. The van der Waals surface area contributed by atoms with Crippen molar-refractivity contribution in [1.29, 1.82) is 0 Å². The van der Waals surface area contributed by atoms with E-state index in [0.717, 1.165) is 0 Å². The van der Waals surface area contributed by atoms with Crippen molar-refractivity contribution in [1.82, 2.24) is 14.5 Å². The lowest BCUT2D eigenvalue weighted by Gasteiger charge is -2.11. The number of rotatable bonds is 4. The summed E-state index contributed by atoms with van der Waals surface area (Å²) >= 11 is 0. The van der Waals surface area contributed by atoms with Gasteiger partial charge in [-0.3, -0.25) is 8.78 Å². The van der Waals surface area contributed by atoms with Crippen LogP contribution >= 0.6 is 0 Å². The molecule has 0 saturated heterocycles. The van der Waals surface area contributed by atoms with Crippen molar-refractivity contribution in [3.63, 3.8) is 0 Å². The van der Waals surface area contributed by atoms with E-state index in [1.54, 1.807) is 24.0 Å². The van der Waals surface area contributed by atoms with Crippen LogP contribution < -0.4 is 10.5 Å². The van der Waals surface area contributed by atoms with Gasteiger partial charge >= 0.3 is 0 Å². The first-order valence-electron chi connectivity index (χ1n) is 5.52. The van der Waals surface area contributed by atoms with Gasteiger partial charge in [-0.2, -0.15) is 4.98 Å². The van der Waals surface area contributed by atoms with Crippen molar-refractivity contribution in [3.8, 4) is 5.88 Å². The average molecular weight is 268 g/mol. The van der Waals surface area contributed by atoms with Gasteiger partial charge in [-0.1, -0.05) is 0 Å². The molecule has 0 radical (unpaired) electrons. The fourth-order valence-corrected chi connectivity index (χ4v) is 2.02. The van der Waals surface area contributed by atoms with E-state index >= 15 is 0 Å². The molecule has 2 aromatic rings. The first-order valence-corrected chi connectivity index (χ1v) is 7.14. The Labute approximate surface area is 108 Å². The first-order chi connectivity index (χ1) is 8.52. The molecule has 18 heavy (non-hydrogen) atoms. The fourth-order valence-electron chi connectivity index (χ4n) is 1.66. The van der Waals surface area contributed by atoms with E-state index in [4.69, 9.17) is 10.5 Å². The summed E-state index contributed by atoms with van der Waals surface area (Å²) in [4.78, 5) is 8.55. The van der Waals surface area contributed by atoms with E-state index in [-0.39, 0.29) is 5.25 Å². The molecule has 0 aliphatic heterocycles. The van der Waals surface area contributed by atoms with Gasteiger partial charge in [0.05, 0.1) is 7.11 Å². The van der Waals surface area contributed by atoms with Crippen LogP contribution in [0.5, 0.6) is 5.88 Å². The zero-order valence-corrected chi connectivity index (χ0v) is 11.4. The van der Waals surface area contributed by atoms with Crippen molar-refractivity contribution in [2.75, 3.05) is 19.1 Å². The SMILES string of the molecule is COc1ccc2nc(N)n(CC(C)S(C)=O)c2n1. The quantitative estimate of drug-likeness (QED) is 0.886. The molecule has 0 amide bonds. The Balaban J connectivity index is 2.48. The number of nitrogen functional groups attached to an aromatic ring is 1. The highest BCUT2D eigenvalue weighted by molar-refractivity contribution is 7.84. The number of fused-ring (bicyclic) bond motifs is 1. The van der Waals surface area contributed by atoms with Crippen LogP contribution in [0.1, 0.15) is 6.92 Å². The molecule has 6 nitrogen and oxygen atoms in total. The van der Waals surface area contributed by atoms with Crippen molar-refractivity contribution < 1.29 is 8.95 Å². The molecule has 0 fully saturated rings. The van der Waals surface area contributed by atoms with Crippen LogP contribution in [0.25, 0.3) is 11.2 Å². The smallest absolute Gasteiger partial charge is 0.215 e. The monoisotopic (exact) mass is 268 g/mol. The zero-order chi connectivity index (χ0) is 13.3. The Kier molecular flexibility index (Phi) is 3.51. The third kappa shape index (κ3) is 2.31. The minimum Gasteiger partial charge on any atom is -0.481 e. The van der Waals surface area contributed by atoms with Gasteiger partial charge in [0, 0.05) is 34.9 Å². The molecule has 0 aliphatic carbocycles. The highest BCUT2D eigenvalue weighted by Crippen LogP contribution is 2.20. The Morgan fingerprint density at radius 2 is 2.22 bits per heavy atom. The average Bonchev–Trinajstić information content (AvgIpc) is 2.65. The molecule has 7 heteroatoms. The maximum absolute atomic E-state index is 11.4. The summed E-state index contributed by atoms with van der Waals surface area (Å²) in [6.45, 7) is 2.42. The van der Waals surface area contributed by atoms with Crippen LogP contribution in [0.3, 0.4) is 0 Å². The van der Waals surface area contributed by atoms with Crippen LogP contribution in [-0.2, 0) is 17.3 Å². The predicted molar refractivity (Wildman–Crippen MR) is 72.0 cm³/mol. The highest BCUT2D eigenvalue weighted by Gasteiger charge is 2.15. The topological polar surface area (TPSA) is 83.0 Å². The lowest BCUT2D eigenvalue weighted by molar-refractivity contribution is 0.399. The molecule has 0 aromatic carbocycles. The molecule has 2 N–H and O–H groups in total. The summed E-state index contributed by atoms with van der Waals surface area (Å²) in [5.74, 6) is 0.886. The number of pyridine rings is 1. The molecule has 2 aromatic heterocycles. The maximum atomic E-state index is 11.4. The first kappa shape index (κ1) is 12.8. The molecule has 0 saturated carbocycles. The highest BCUT2D eigenvalue weighted by atomic mass is 32.2. The van der Waals surface area contributed by atoms with Gasteiger partial charge in [0.2, 0.25) is 11.8 Å². The van der Waals surface area contributed by atoms with Crippen molar-refractivity contribution in [3.05, 3.63) is 12.1 Å². The van der Waals surface area contributed by atoms with Crippen LogP contribution in [0, 0.1) is 0 Å². The Morgan fingerprint density at radius 1 is 1.50 bits per heavy atom. The van der Waals surface area contributed by atoms with Gasteiger partial charge in [-0.15, -0.1) is 0 Å². The second kappa shape index (κ2) is 4.93. The van der Waals surface area contributed by atoms with Crippen LogP contribution in [0.15, 0.2) is 12.1 Å². The summed E-state index contributed by atoms with van der Waals surface area (Å²) in [5, 5.41) is -0.0160. The lowest BCUT2D eigenvalue weighted by Crippen LogP contribution is -2.19. The van der Waals surface area contributed by atoms with E-state index in [1.165, 1.54) is 0 Å². The Hall–Kier alpha value is -1.63. The van der Waals surface area contributed by atoms with Crippen molar-refractivity contribution in [2.45, 2.75) is 18.7 Å². The molecule has 0 bridgehead atoms. The third-order valence-electron chi connectivity index (χ3n) is 2.81. The second-order valence-corrected chi connectivity index (χ2v) is 5.89. The third-order valence-corrected chi connectivity index (χ3v) is 4.09. The summed E-state index contributed by atoms with van der Waals surface area (Å²) in [7, 11) is 0.641. The maximum Gasteiger partial charge on any atom is 0.215 e. The van der Waals surface area contributed by atoms with E-state index in [2.05, 4.69) is 9.97 Å². The van der Waals surface area contributed by atoms with Gasteiger partial charge in [0.15, 0.2) is 5.65 Å². The zero-order valence-electron chi connectivity index (χ0n) is 10.6. The number of ether oxygens (including phenoxy) is 1. The Morgan fingerprint density at radius 3 is 2.83 bits per heavy atom. The van der Waals surface area contributed by atoms with Gasteiger partial charge in [0.25, 0.3) is 0 Å². The number of hydrogen-bond acceptors (Lipinski definition) is 5. The molecular formula is C11H16N4O2S. The lowest BCUT2D eigenvalue weighted by atomic mass is 10.4. The molecule has 2 rings (SSSR count). The standard InChI is InChI=1S/C11H16N4O2S/c1-7(18(3)16)6-15-10-8(13-11(15)12)4-5-9(14-10)17-2/h4-5,7H,6H2,1-3H3,(H2,12,13). The largest absolute Gasteiger partial charge is 0.481 e. The fraction of sp³-hybridized carbons (Fsp3) is 0.455. The number of anilines is 1. The summed E-state index contributed by atoms with van der Waals surface area (Å²) < 4.78 is 18.3. The van der Waals surface area contributed by atoms with E-state index in [1.807, 2.05) is 13.0 Å². The number of methoxy groups -OCH3 is 1. The molecule has 0 aliphatic rings. The Bertz CT molecular complexity index is 596. The predicted octanol–water partition coefficient (Wildman–Crippen LogP) is 0.789. The minimum absolute atomic E-state index is 0.0160. The molecule has 2 atom stereocenters. The molecule has 2 heterocycles. The normalized spacial score (nSPS) is 14.6. The van der Waals surface area contributed by atoms with Gasteiger partial charge in [-0.05, 0) is 13.0 Å². The van der Waals surface area contributed by atoms with Gasteiger partial charge in [0.1, 0.15) is 5.52 Å². The number of aromatic nitrogens is 3. The van der Waals surface area contributed by atoms with Crippen LogP contribution in [0.4, 0.5) is 5.95 Å².